The Kier molecular flexibility index (Phi) is 5.88. The van der Waals surface area contributed by atoms with E-state index in [9.17, 15) is 0 Å². The summed E-state index contributed by atoms with van der Waals surface area (Å²) in [7, 11) is 0. The van der Waals surface area contributed by atoms with Crippen molar-refractivity contribution in [2.45, 2.75) is 13.3 Å². The number of benzene rings is 1. The van der Waals surface area contributed by atoms with E-state index >= 15 is 0 Å². The van der Waals surface area contributed by atoms with Gasteiger partial charge in [0.25, 0.3) is 0 Å². The number of hydrogen-bond acceptors (Lipinski definition) is 3. The largest absolute Gasteiger partial charge is 0.382 e. The Labute approximate surface area is 132 Å². The van der Waals surface area contributed by atoms with E-state index in [4.69, 9.17) is 16.3 Å². The van der Waals surface area contributed by atoms with Crippen molar-refractivity contribution >= 4 is 33.5 Å². The molecule has 2 rings (SSSR count). The highest BCUT2D eigenvalue weighted by atomic mass is 79.9. The molecule has 0 saturated heterocycles. The quantitative estimate of drug-likeness (QED) is 0.757. The summed E-state index contributed by atoms with van der Waals surface area (Å²) in [5, 5.41) is 3.98. The number of halogens is 2. The SMILES string of the molecule is CCOCCCNc1nccn1-c1cccc(Cl)c1Br. The zero-order chi connectivity index (χ0) is 14.4. The van der Waals surface area contributed by atoms with E-state index in [2.05, 4.69) is 26.2 Å². The monoisotopic (exact) mass is 357 g/mol. The molecular weight excluding hydrogens is 342 g/mol. The van der Waals surface area contributed by atoms with Crippen molar-refractivity contribution in [3.05, 3.63) is 40.1 Å². The van der Waals surface area contributed by atoms with E-state index in [0.717, 1.165) is 42.3 Å². The molecule has 0 aliphatic heterocycles. The van der Waals surface area contributed by atoms with Crippen molar-refractivity contribution in [2.24, 2.45) is 0 Å². The lowest BCUT2D eigenvalue weighted by Crippen LogP contribution is -2.10. The average Bonchev–Trinajstić information content (AvgIpc) is 2.90. The predicted octanol–water partition coefficient (Wildman–Crippen LogP) is 4.13. The Morgan fingerprint density at radius 3 is 3.10 bits per heavy atom. The standard InChI is InChI=1S/C14H17BrClN3O/c1-2-20-10-4-7-17-14-18-8-9-19(14)12-6-3-5-11(16)13(12)15/h3,5-6,8-9H,2,4,7,10H2,1H3,(H,17,18). The van der Waals surface area contributed by atoms with Crippen LogP contribution in [0.4, 0.5) is 5.95 Å². The first-order valence-electron chi connectivity index (χ1n) is 6.53. The number of hydrogen-bond donors (Lipinski definition) is 1. The van der Waals surface area contributed by atoms with Gasteiger partial charge in [-0.2, -0.15) is 0 Å². The summed E-state index contributed by atoms with van der Waals surface area (Å²) in [4.78, 5) is 4.33. The Bertz CT molecular complexity index is 559. The summed E-state index contributed by atoms with van der Waals surface area (Å²) in [6.45, 7) is 4.32. The predicted molar refractivity (Wildman–Crippen MR) is 85.9 cm³/mol. The molecule has 0 spiro atoms. The molecule has 0 fully saturated rings. The van der Waals surface area contributed by atoms with Gasteiger partial charge in [-0.25, -0.2) is 4.98 Å². The molecule has 1 heterocycles. The molecule has 1 N–H and O–H groups in total. The second kappa shape index (κ2) is 7.67. The summed E-state index contributed by atoms with van der Waals surface area (Å²) >= 11 is 9.64. The lowest BCUT2D eigenvalue weighted by Gasteiger charge is -2.12. The fourth-order valence-corrected chi connectivity index (χ4v) is 2.45. The molecule has 0 radical (unpaired) electrons. The van der Waals surface area contributed by atoms with Gasteiger partial charge in [-0.1, -0.05) is 17.7 Å². The number of nitrogens with one attached hydrogen (secondary N) is 1. The molecule has 0 bridgehead atoms. The van der Waals surface area contributed by atoms with Crippen LogP contribution in [0, 0.1) is 0 Å². The zero-order valence-electron chi connectivity index (χ0n) is 11.3. The molecule has 0 aliphatic carbocycles. The number of aromatic nitrogens is 2. The van der Waals surface area contributed by atoms with E-state index < -0.39 is 0 Å². The van der Waals surface area contributed by atoms with E-state index in [1.807, 2.05) is 35.9 Å². The highest BCUT2D eigenvalue weighted by Crippen LogP contribution is 2.30. The third-order valence-corrected chi connectivity index (χ3v) is 4.16. The highest BCUT2D eigenvalue weighted by molar-refractivity contribution is 9.10. The van der Waals surface area contributed by atoms with E-state index in [1.165, 1.54) is 0 Å². The van der Waals surface area contributed by atoms with Gasteiger partial charge in [0, 0.05) is 32.2 Å². The Balaban J connectivity index is 2.06. The van der Waals surface area contributed by atoms with E-state index in [-0.39, 0.29) is 0 Å². The normalized spacial score (nSPS) is 10.8. The molecule has 1 aromatic carbocycles. The molecule has 4 nitrogen and oxygen atoms in total. The number of imidazole rings is 1. The first kappa shape index (κ1) is 15.4. The third-order valence-electron chi connectivity index (χ3n) is 2.78. The molecule has 0 unspecified atom stereocenters. The van der Waals surface area contributed by atoms with Crippen LogP contribution in [0.25, 0.3) is 5.69 Å². The van der Waals surface area contributed by atoms with E-state index in [0.29, 0.717) is 5.02 Å². The van der Waals surface area contributed by atoms with Gasteiger partial charge in [-0.3, -0.25) is 4.57 Å². The minimum Gasteiger partial charge on any atom is -0.382 e. The zero-order valence-corrected chi connectivity index (χ0v) is 13.6. The Hall–Kier alpha value is -1.04. The lowest BCUT2D eigenvalue weighted by atomic mass is 10.3. The third kappa shape index (κ3) is 3.75. The molecule has 0 amide bonds. The van der Waals surface area contributed by atoms with Crippen LogP contribution >= 0.6 is 27.5 Å². The van der Waals surface area contributed by atoms with Crippen molar-refractivity contribution in [1.82, 2.24) is 9.55 Å². The maximum atomic E-state index is 6.13. The summed E-state index contributed by atoms with van der Waals surface area (Å²) in [5.74, 6) is 0.796. The highest BCUT2D eigenvalue weighted by Gasteiger charge is 2.09. The number of rotatable bonds is 7. The summed E-state index contributed by atoms with van der Waals surface area (Å²) < 4.78 is 8.14. The van der Waals surface area contributed by atoms with Crippen LogP contribution in [0.3, 0.4) is 0 Å². The molecule has 20 heavy (non-hydrogen) atoms. The molecule has 2 aromatic rings. The van der Waals surface area contributed by atoms with Crippen molar-refractivity contribution in [2.75, 3.05) is 25.1 Å². The first-order valence-corrected chi connectivity index (χ1v) is 7.70. The van der Waals surface area contributed by atoms with Gasteiger partial charge in [0.15, 0.2) is 0 Å². The van der Waals surface area contributed by atoms with Crippen LogP contribution in [-0.2, 0) is 4.74 Å². The fraction of sp³-hybridized carbons (Fsp3) is 0.357. The summed E-state index contributed by atoms with van der Waals surface area (Å²) in [6, 6.07) is 5.76. The molecule has 108 valence electrons. The Morgan fingerprint density at radius 1 is 1.45 bits per heavy atom. The molecule has 0 atom stereocenters. The second-order valence-electron chi connectivity index (χ2n) is 4.17. The molecular formula is C14H17BrClN3O. The van der Waals surface area contributed by atoms with Crippen molar-refractivity contribution in [3.63, 3.8) is 0 Å². The van der Waals surface area contributed by atoms with Gasteiger partial charge in [0.1, 0.15) is 0 Å². The average molecular weight is 359 g/mol. The number of anilines is 1. The van der Waals surface area contributed by atoms with Crippen LogP contribution < -0.4 is 5.32 Å². The fourth-order valence-electron chi connectivity index (χ4n) is 1.83. The maximum Gasteiger partial charge on any atom is 0.207 e. The topological polar surface area (TPSA) is 39.1 Å². The molecule has 1 aromatic heterocycles. The summed E-state index contributed by atoms with van der Waals surface area (Å²) in [6.07, 6.45) is 4.61. The van der Waals surface area contributed by atoms with Crippen molar-refractivity contribution < 1.29 is 4.74 Å². The van der Waals surface area contributed by atoms with Gasteiger partial charge in [0.05, 0.1) is 15.2 Å². The molecule has 0 aliphatic rings. The molecule has 6 heteroatoms. The summed E-state index contributed by atoms with van der Waals surface area (Å²) in [5.41, 5.74) is 0.960. The van der Waals surface area contributed by atoms with Crippen LogP contribution in [-0.4, -0.2) is 29.3 Å². The van der Waals surface area contributed by atoms with Crippen LogP contribution in [0.1, 0.15) is 13.3 Å². The van der Waals surface area contributed by atoms with Gasteiger partial charge < -0.3 is 10.1 Å². The number of ether oxygens (including phenoxy) is 1. The smallest absolute Gasteiger partial charge is 0.207 e. The number of nitrogens with zero attached hydrogens (tertiary/aromatic N) is 2. The lowest BCUT2D eigenvalue weighted by molar-refractivity contribution is 0.147. The van der Waals surface area contributed by atoms with Crippen LogP contribution in [0.15, 0.2) is 35.1 Å². The Morgan fingerprint density at radius 2 is 2.30 bits per heavy atom. The van der Waals surface area contributed by atoms with E-state index in [1.54, 1.807) is 6.20 Å². The van der Waals surface area contributed by atoms with Gasteiger partial charge in [0.2, 0.25) is 5.95 Å². The van der Waals surface area contributed by atoms with Crippen LogP contribution in [0.2, 0.25) is 5.02 Å². The molecule has 0 saturated carbocycles. The van der Waals surface area contributed by atoms with Crippen LogP contribution in [0.5, 0.6) is 0 Å². The maximum absolute atomic E-state index is 6.13. The van der Waals surface area contributed by atoms with Gasteiger partial charge in [-0.15, -0.1) is 0 Å². The first-order chi connectivity index (χ1) is 9.74. The minimum atomic E-state index is 0.679. The van der Waals surface area contributed by atoms with Gasteiger partial charge in [-0.05, 0) is 41.4 Å². The second-order valence-corrected chi connectivity index (χ2v) is 5.37. The van der Waals surface area contributed by atoms with Crippen molar-refractivity contribution in [1.29, 1.82) is 0 Å². The van der Waals surface area contributed by atoms with Crippen molar-refractivity contribution in [3.8, 4) is 5.69 Å². The minimum absolute atomic E-state index is 0.679. The van der Waals surface area contributed by atoms with Gasteiger partial charge >= 0.3 is 0 Å².